The van der Waals surface area contributed by atoms with Crippen molar-refractivity contribution in [3.63, 3.8) is 0 Å². The first-order chi connectivity index (χ1) is 11.8. The van der Waals surface area contributed by atoms with Gasteiger partial charge in [0.2, 0.25) is 0 Å². The lowest BCUT2D eigenvalue weighted by Crippen LogP contribution is -2.30. The van der Waals surface area contributed by atoms with Gasteiger partial charge in [0, 0.05) is 22.5 Å². The number of carbonyl (C=O) groups excluding carboxylic acids is 2. The van der Waals surface area contributed by atoms with Crippen molar-refractivity contribution < 1.29 is 9.59 Å². The van der Waals surface area contributed by atoms with Gasteiger partial charge in [0.1, 0.15) is 5.70 Å². The summed E-state index contributed by atoms with van der Waals surface area (Å²) in [4.78, 5) is 26.1. The maximum atomic E-state index is 12.7. The molecule has 25 heavy (non-hydrogen) atoms. The van der Waals surface area contributed by atoms with Gasteiger partial charge >= 0.3 is 6.03 Å². The Labute approximate surface area is 151 Å². The van der Waals surface area contributed by atoms with E-state index in [1.165, 1.54) is 0 Å². The fraction of sp³-hybridized carbons (Fsp3) is 0.263. The molecule has 1 aliphatic rings. The van der Waals surface area contributed by atoms with Crippen LogP contribution in [0.3, 0.4) is 0 Å². The van der Waals surface area contributed by atoms with Gasteiger partial charge in [-0.05, 0) is 63.6 Å². The summed E-state index contributed by atoms with van der Waals surface area (Å²) in [5.41, 5.74) is 3.80. The smallest absolute Gasteiger partial charge is 0.333 e. The number of aryl methyl sites for hydroxylation is 1. The molecule has 0 aliphatic carbocycles. The Kier molecular flexibility index (Phi) is 4.43. The average molecular weight is 358 g/mol. The lowest BCUT2D eigenvalue weighted by atomic mass is 10.2. The number of hydrogen-bond donors (Lipinski definition) is 1. The highest BCUT2D eigenvalue weighted by Gasteiger charge is 2.35. The Morgan fingerprint density at radius 1 is 1.16 bits per heavy atom. The number of carbonyl (C=O) groups is 2. The van der Waals surface area contributed by atoms with E-state index >= 15 is 0 Å². The summed E-state index contributed by atoms with van der Waals surface area (Å²) in [6.07, 6.45) is 1.73. The van der Waals surface area contributed by atoms with Gasteiger partial charge in [-0.2, -0.15) is 0 Å². The molecule has 0 radical (unpaired) electrons. The topological polar surface area (TPSA) is 54.3 Å². The second kappa shape index (κ2) is 6.41. The minimum Gasteiger partial charge on any atom is -0.346 e. The summed E-state index contributed by atoms with van der Waals surface area (Å²) in [5.74, 6) is -0.387. The van der Waals surface area contributed by atoms with Crippen LogP contribution in [0.4, 0.5) is 10.5 Å². The molecule has 1 aromatic heterocycles. The van der Waals surface area contributed by atoms with Crippen LogP contribution in [-0.4, -0.2) is 16.5 Å². The van der Waals surface area contributed by atoms with Gasteiger partial charge in [0.05, 0.1) is 5.69 Å². The normalized spacial score (nSPS) is 16.2. The van der Waals surface area contributed by atoms with Crippen LogP contribution < -0.4 is 10.2 Å². The lowest BCUT2D eigenvalue weighted by molar-refractivity contribution is -0.113. The van der Waals surface area contributed by atoms with Crippen LogP contribution in [-0.2, 0) is 4.79 Å². The average Bonchev–Trinajstić information content (AvgIpc) is 2.95. The number of benzene rings is 1. The zero-order valence-electron chi connectivity index (χ0n) is 14.6. The fourth-order valence-corrected chi connectivity index (χ4v) is 3.47. The zero-order chi connectivity index (χ0) is 18.3. The van der Waals surface area contributed by atoms with E-state index in [1.807, 2.05) is 19.9 Å². The maximum absolute atomic E-state index is 12.7. The molecule has 1 aromatic carbocycles. The molecule has 130 valence electrons. The van der Waals surface area contributed by atoms with Gasteiger partial charge in [0.25, 0.3) is 5.91 Å². The third-order valence-electron chi connectivity index (χ3n) is 4.28. The van der Waals surface area contributed by atoms with E-state index < -0.39 is 6.03 Å². The second-order valence-corrected chi connectivity index (χ2v) is 6.84. The monoisotopic (exact) mass is 357 g/mol. The number of urea groups is 1. The Morgan fingerprint density at radius 2 is 1.88 bits per heavy atom. The molecule has 3 rings (SSSR count). The fourth-order valence-electron chi connectivity index (χ4n) is 3.28. The van der Waals surface area contributed by atoms with E-state index in [9.17, 15) is 9.59 Å². The molecule has 0 spiro atoms. The number of halogens is 1. The van der Waals surface area contributed by atoms with Crippen LogP contribution in [0.2, 0.25) is 5.02 Å². The summed E-state index contributed by atoms with van der Waals surface area (Å²) in [5, 5.41) is 3.12. The first-order valence-electron chi connectivity index (χ1n) is 8.10. The molecule has 0 saturated carbocycles. The summed E-state index contributed by atoms with van der Waals surface area (Å²) in [7, 11) is 0. The van der Waals surface area contributed by atoms with Gasteiger partial charge in [-0.25, -0.2) is 9.69 Å². The predicted molar refractivity (Wildman–Crippen MR) is 99.7 cm³/mol. The third kappa shape index (κ3) is 3.07. The number of amides is 3. The van der Waals surface area contributed by atoms with Crippen molar-refractivity contribution in [3.8, 4) is 0 Å². The van der Waals surface area contributed by atoms with Crippen molar-refractivity contribution in [2.24, 2.45) is 0 Å². The highest BCUT2D eigenvalue weighted by Crippen LogP contribution is 2.27. The number of rotatable bonds is 3. The number of nitrogens with one attached hydrogen (secondary N) is 1. The molecule has 1 aliphatic heterocycles. The molecule has 1 saturated heterocycles. The van der Waals surface area contributed by atoms with Crippen LogP contribution in [0.1, 0.15) is 36.8 Å². The van der Waals surface area contributed by atoms with Crippen molar-refractivity contribution in [3.05, 3.63) is 58.0 Å². The van der Waals surface area contributed by atoms with Gasteiger partial charge < -0.3 is 9.88 Å². The minimum absolute atomic E-state index is 0.258. The minimum atomic E-state index is -0.476. The molecule has 2 heterocycles. The molecule has 6 heteroatoms. The van der Waals surface area contributed by atoms with Crippen LogP contribution in [0.15, 0.2) is 36.0 Å². The molecule has 1 N–H and O–H groups in total. The van der Waals surface area contributed by atoms with E-state index in [4.69, 9.17) is 11.6 Å². The highest BCUT2D eigenvalue weighted by atomic mass is 35.5. The molecular weight excluding hydrogens is 338 g/mol. The van der Waals surface area contributed by atoms with Crippen molar-refractivity contribution >= 4 is 35.3 Å². The third-order valence-corrected chi connectivity index (χ3v) is 4.52. The first kappa shape index (κ1) is 17.3. The molecule has 2 aromatic rings. The SMILES string of the molecule is Cc1cc(/C=C2/NC(=O)N(c3cccc(Cl)c3)C2=O)c(C)n1C(C)C. The summed E-state index contributed by atoms with van der Waals surface area (Å²) in [6, 6.07) is 8.53. The lowest BCUT2D eigenvalue weighted by Gasteiger charge is -2.13. The van der Waals surface area contributed by atoms with E-state index in [1.54, 1.807) is 30.3 Å². The Bertz CT molecular complexity index is 896. The Morgan fingerprint density at radius 3 is 2.48 bits per heavy atom. The zero-order valence-corrected chi connectivity index (χ0v) is 15.4. The standard InChI is InChI=1S/C19H20ClN3O2/c1-11(2)22-12(3)8-14(13(22)4)9-17-18(24)23(19(25)21-17)16-7-5-6-15(20)10-16/h5-11H,1-4H3,(H,21,25)/b17-9+. The molecule has 0 unspecified atom stereocenters. The summed E-state index contributed by atoms with van der Waals surface area (Å²) in [6.45, 7) is 8.26. The Hall–Kier alpha value is -2.53. The number of imide groups is 1. The number of aromatic nitrogens is 1. The van der Waals surface area contributed by atoms with Crippen LogP contribution >= 0.6 is 11.6 Å². The largest absolute Gasteiger partial charge is 0.346 e. The van der Waals surface area contributed by atoms with Crippen molar-refractivity contribution in [2.45, 2.75) is 33.7 Å². The maximum Gasteiger partial charge on any atom is 0.333 e. The van der Waals surface area contributed by atoms with Gasteiger partial charge in [-0.15, -0.1) is 0 Å². The van der Waals surface area contributed by atoms with Crippen molar-refractivity contribution in [1.29, 1.82) is 0 Å². The van der Waals surface area contributed by atoms with E-state index in [2.05, 4.69) is 23.7 Å². The van der Waals surface area contributed by atoms with E-state index in [0.29, 0.717) is 16.8 Å². The quantitative estimate of drug-likeness (QED) is 0.652. The number of nitrogens with zero attached hydrogens (tertiary/aromatic N) is 2. The van der Waals surface area contributed by atoms with Crippen LogP contribution in [0.25, 0.3) is 6.08 Å². The Balaban J connectivity index is 1.98. The molecule has 1 fully saturated rings. The molecule has 0 atom stereocenters. The first-order valence-corrected chi connectivity index (χ1v) is 8.48. The van der Waals surface area contributed by atoms with E-state index in [0.717, 1.165) is 21.9 Å². The number of hydrogen-bond acceptors (Lipinski definition) is 2. The van der Waals surface area contributed by atoms with Crippen LogP contribution in [0, 0.1) is 13.8 Å². The molecule has 0 bridgehead atoms. The molecular formula is C19H20ClN3O2. The predicted octanol–water partition coefficient (Wildman–Crippen LogP) is 4.44. The summed E-state index contributed by atoms with van der Waals surface area (Å²) < 4.78 is 2.20. The second-order valence-electron chi connectivity index (χ2n) is 6.40. The van der Waals surface area contributed by atoms with Crippen molar-refractivity contribution in [1.82, 2.24) is 9.88 Å². The van der Waals surface area contributed by atoms with Crippen LogP contribution in [0.5, 0.6) is 0 Å². The highest BCUT2D eigenvalue weighted by molar-refractivity contribution is 6.32. The number of anilines is 1. The van der Waals surface area contributed by atoms with Gasteiger partial charge in [-0.3, -0.25) is 4.79 Å². The molecule has 3 amide bonds. The molecule has 5 nitrogen and oxygen atoms in total. The van der Waals surface area contributed by atoms with Crippen molar-refractivity contribution in [2.75, 3.05) is 4.90 Å². The van der Waals surface area contributed by atoms with E-state index in [-0.39, 0.29) is 11.6 Å². The summed E-state index contributed by atoms with van der Waals surface area (Å²) >= 11 is 5.97. The van der Waals surface area contributed by atoms with Gasteiger partial charge in [-0.1, -0.05) is 17.7 Å². The van der Waals surface area contributed by atoms with Gasteiger partial charge in [0.15, 0.2) is 0 Å².